The summed E-state index contributed by atoms with van der Waals surface area (Å²) in [5, 5.41) is 0. The van der Waals surface area contributed by atoms with Crippen molar-refractivity contribution in [2.75, 3.05) is 34.3 Å². The van der Waals surface area contributed by atoms with E-state index in [1.165, 1.54) is 32.3 Å². The molecular formula is C18H22F2N2O3S. The zero-order valence-corrected chi connectivity index (χ0v) is 15.8. The zero-order valence-electron chi connectivity index (χ0n) is 14.9. The van der Waals surface area contributed by atoms with Gasteiger partial charge in [-0.3, -0.25) is 4.90 Å². The van der Waals surface area contributed by atoms with E-state index in [1.54, 1.807) is 18.2 Å². The Morgan fingerprint density at radius 3 is 2.19 bits per heavy atom. The van der Waals surface area contributed by atoms with E-state index in [0.717, 1.165) is 10.4 Å². The highest BCUT2D eigenvalue weighted by atomic mass is 32.2. The highest BCUT2D eigenvalue weighted by Gasteiger charge is 2.16. The van der Waals surface area contributed by atoms with Crippen LogP contribution in [0.3, 0.4) is 0 Å². The van der Waals surface area contributed by atoms with Crippen LogP contribution in [0.2, 0.25) is 0 Å². The Balaban J connectivity index is 1.84. The monoisotopic (exact) mass is 384 g/mol. The lowest BCUT2D eigenvalue weighted by atomic mass is 10.2. The molecule has 8 heteroatoms. The van der Waals surface area contributed by atoms with Gasteiger partial charge in [-0.15, -0.1) is 0 Å². The number of ether oxygens (including phenoxy) is 1. The fourth-order valence-electron chi connectivity index (χ4n) is 2.27. The van der Waals surface area contributed by atoms with Gasteiger partial charge in [0, 0.05) is 27.2 Å². The quantitative estimate of drug-likeness (QED) is 0.702. The first-order valence-electron chi connectivity index (χ1n) is 7.98. The third kappa shape index (κ3) is 5.23. The summed E-state index contributed by atoms with van der Waals surface area (Å²) in [7, 11) is 1.34. The summed E-state index contributed by atoms with van der Waals surface area (Å²) in [6.07, 6.45) is 0. The van der Waals surface area contributed by atoms with Gasteiger partial charge in [0.15, 0.2) is 11.6 Å². The van der Waals surface area contributed by atoms with Crippen LogP contribution in [0.1, 0.15) is 5.56 Å². The number of likely N-dealkylation sites (N-methyl/N-ethyl adjacent to an activating group) is 1. The van der Waals surface area contributed by atoms with Crippen LogP contribution in [-0.2, 0) is 16.6 Å². The number of halogens is 2. The van der Waals surface area contributed by atoms with Gasteiger partial charge in [-0.25, -0.2) is 21.5 Å². The van der Waals surface area contributed by atoms with Gasteiger partial charge in [-0.2, -0.15) is 0 Å². The fourth-order valence-corrected chi connectivity index (χ4v) is 3.17. The number of nitrogens with zero attached hydrogens (tertiary/aromatic N) is 2. The van der Waals surface area contributed by atoms with Crippen LogP contribution in [0.4, 0.5) is 8.78 Å². The van der Waals surface area contributed by atoms with Crippen molar-refractivity contribution in [1.82, 2.24) is 9.21 Å². The molecule has 0 unspecified atom stereocenters. The predicted octanol–water partition coefficient (Wildman–Crippen LogP) is 2.73. The fraction of sp³-hybridized carbons (Fsp3) is 0.333. The summed E-state index contributed by atoms with van der Waals surface area (Å²) in [5.41, 5.74) is 0.671. The maximum Gasteiger partial charge on any atom is 0.242 e. The molecule has 0 aromatic heterocycles. The average molecular weight is 384 g/mol. The van der Waals surface area contributed by atoms with E-state index < -0.39 is 21.7 Å². The van der Waals surface area contributed by atoms with Gasteiger partial charge in [0.2, 0.25) is 10.0 Å². The van der Waals surface area contributed by atoms with Crippen molar-refractivity contribution in [2.24, 2.45) is 0 Å². The number of sulfonamides is 1. The predicted molar refractivity (Wildman–Crippen MR) is 95.5 cm³/mol. The SMILES string of the molecule is CN(CCOc1ccc(S(=O)(=O)N(C)C)cc1)Cc1ccc(F)c(F)c1. The third-order valence-electron chi connectivity index (χ3n) is 3.78. The van der Waals surface area contributed by atoms with E-state index in [2.05, 4.69) is 0 Å². The zero-order chi connectivity index (χ0) is 19.3. The molecule has 0 fully saturated rings. The van der Waals surface area contributed by atoms with Crippen LogP contribution in [0.25, 0.3) is 0 Å². The van der Waals surface area contributed by atoms with Gasteiger partial charge in [0.25, 0.3) is 0 Å². The maximum atomic E-state index is 13.2. The first-order valence-corrected chi connectivity index (χ1v) is 9.42. The Morgan fingerprint density at radius 2 is 1.62 bits per heavy atom. The van der Waals surface area contributed by atoms with Gasteiger partial charge < -0.3 is 4.74 Å². The minimum Gasteiger partial charge on any atom is -0.492 e. The van der Waals surface area contributed by atoms with Crippen LogP contribution >= 0.6 is 0 Å². The summed E-state index contributed by atoms with van der Waals surface area (Å²) < 4.78 is 56.9. The molecular weight excluding hydrogens is 362 g/mol. The molecule has 2 aromatic carbocycles. The third-order valence-corrected chi connectivity index (χ3v) is 5.61. The van der Waals surface area contributed by atoms with Crippen molar-refractivity contribution in [1.29, 1.82) is 0 Å². The standard InChI is InChI=1S/C18H22F2N2O3S/c1-21(2)26(23,24)16-7-5-15(6-8-16)25-11-10-22(3)13-14-4-9-17(19)18(20)12-14/h4-9,12H,10-11,13H2,1-3H3. The average Bonchev–Trinajstić information content (AvgIpc) is 2.58. The summed E-state index contributed by atoms with van der Waals surface area (Å²) in [6, 6.07) is 10.0. The molecule has 0 heterocycles. The van der Waals surface area contributed by atoms with Crippen LogP contribution in [0.5, 0.6) is 5.75 Å². The summed E-state index contributed by atoms with van der Waals surface area (Å²) in [4.78, 5) is 2.11. The van der Waals surface area contributed by atoms with E-state index >= 15 is 0 Å². The molecule has 0 aliphatic carbocycles. The Labute approximate surface area is 152 Å². The Hall–Kier alpha value is -2.03. The van der Waals surface area contributed by atoms with Crippen molar-refractivity contribution >= 4 is 10.0 Å². The maximum absolute atomic E-state index is 13.2. The molecule has 2 aromatic rings. The van der Waals surface area contributed by atoms with Crippen LogP contribution < -0.4 is 4.74 Å². The van der Waals surface area contributed by atoms with Gasteiger partial charge in [-0.1, -0.05) is 6.07 Å². The molecule has 0 bridgehead atoms. The van der Waals surface area contributed by atoms with E-state index in [4.69, 9.17) is 4.74 Å². The number of benzene rings is 2. The van der Waals surface area contributed by atoms with Crippen molar-refractivity contribution in [2.45, 2.75) is 11.4 Å². The molecule has 0 aliphatic heterocycles. The van der Waals surface area contributed by atoms with E-state index in [-0.39, 0.29) is 4.90 Å². The molecule has 0 saturated carbocycles. The molecule has 26 heavy (non-hydrogen) atoms. The lowest BCUT2D eigenvalue weighted by molar-refractivity contribution is 0.232. The van der Waals surface area contributed by atoms with Gasteiger partial charge >= 0.3 is 0 Å². The van der Waals surface area contributed by atoms with Crippen LogP contribution in [-0.4, -0.2) is 51.9 Å². The van der Waals surface area contributed by atoms with Crippen molar-refractivity contribution in [3.05, 3.63) is 59.7 Å². The summed E-state index contributed by atoms with van der Waals surface area (Å²) >= 11 is 0. The van der Waals surface area contributed by atoms with E-state index in [0.29, 0.717) is 31.0 Å². The Kier molecular flexibility index (Phi) is 6.69. The summed E-state index contributed by atoms with van der Waals surface area (Å²) in [5.74, 6) is -1.16. The highest BCUT2D eigenvalue weighted by Crippen LogP contribution is 2.18. The molecule has 142 valence electrons. The molecule has 0 N–H and O–H groups in total. The molecule has 0 amide bonds. The number of hydrogen-bond donors (Lipinski definition) is 0. The van der Waals surface area contributed by atoms with Gasteiger partial charge in [0.1, 0.15) is 12.4 Å². The number of rotatable bonds is 8. The Morgan fingerprint density at radius 1 is 0.962 bits per heavy atom. The molecule has 0 saturated heterocycles. The molecule has 0 radical (unpaired) electrons. The van der Waals surface area contributed by atoms with Crippen LogP contribution in [0, 0.1) is 11.6 Å². The number of hydrogen-bond acceptors (Lipinski definition) is 4. The minimum absolute atomic E-state index is 0.199. The van der Waals surface area contributed by atoms with Gasteiger partial charge in [-0.05, 0) is 49.0 Å². The van der Waals surface area contributed by atoms with Crippen molar-refractivity contribution in [3.8, 4) is 5.75 Å². The molecule has 2 rings (SSSR count). The first kappa shape index (κ1) is 20.3. The molecule has 5 nitrogen and oxygen atoms in total. The van der Waals surface area contributed by atoms with Gasteiger partial charge in [0.05, 0.1) is 4.90 Å². The molecule has 0 aliphatic rings. The lowest BCUT2D eigenvalue weighted by Crippen LogP contribution is -2.24. The van der Waals surface area contributed by atoms with Crippen molar-refractivity contribution in [3.63, 3.8) is 0 Å². The first-order chi connectivity index (χ1) is 12.2. The largest absolute Gasteiger partial charge is 0.492 e. The molecule has 0 atom stereocenters. The second-order valence-electron chi connectivity index (χ2n) is 6.09. The van der Waals surface area contributed by atoms with Crippen LogP contribution in [0.15, 0.2) is 47.4 Å². The van der Waals surface area contributed by atoms with Crippen molar-refractivity contribution < 1.29 is 21.9 Å². The Bertz CT molecular complexity index is 840. The minimum atomic E-state index is -3.46. The van der Waals surface area contributed by atoms with E-state index in [1.807, 2.05) is 11.9 Å². The van der Waals surface area contributed by atoms with E-state index in [9.17, 15) is 17.2 Å². The topological polar surface area (TPSA) is 49.9 Å². The summed E-state index contributed by atoms with van der Waals surface area (Å²) in [6.45, 7) is 1.40. The second-order valence-corrected chi connectivity index (χ2v) is 8.25. The normalized spacial score (nSPS) is 12.0. The highest BCUT2D eigenvalue weighted by molar-refractivity contribution is 7.89. The lowest BCUT2D eigenvalue weighted by Gasteiger charge is -2.17. The second kappa shape index (κ2) is 8.57. The smallest absolute Gasteiger partial charge is 0.242 e. The molecule has 0 spiro atoms.